The standard InChI is InChI=1S/C20H22N4O3S/c1-3-23(4-2)17-12-8-16(9-13-17)21-20(28)22-19(25)14-7-15-5-10-18(11-6-15)24(26)27/h5-14H,3-4H2,1-2H3,(H2,21,22,25,28)/b14-7+. The first-order valence-corrected chi connectivity index (χ1v) is 9.23. The van der Waals surface area contributed by atoms with Crippen molar-refractivity contribution in [2.24, 2.45) is 0 Å². The molecule has 0 fully saturated rings. The number of nitro groups is 1. The summed E-state index contributed by atoms with van der Waals surface area (Å²) in [5.74, 6) is -0.393. The lowest BCUT2D eigenvalue weighted by Gasteiger charge is -2.21. The third-order valence-corrected chi connectivity index (χ3v) is 4.23. The molecule has 2 aromatic rings. The van der Waals surface area contributed by atoms with E-state index in [1.807, 2.05) is 24.3 Å². The minimum Gasteiger partial charge on any atom is -0.372 e. The monoisotopic (exact) mass is 398 g/mol. The molecule has 0 heterocycles. The van der Waals surface area contributed by atoms with Crippen LogP contribution in [0.5, 0.6) is 0 Å². The summed E-state index contributed by atoms with van der Waals surface area (Å²) in [6.07, 6.45) is 2.87. The molecule has 0 saturated heterocycles. The maximum absolute atomic E-state index is 12.0. The van der Waals surface area contributed by atoms with Crippen molar-refractivity contribution in [2.75, 3.05) is 23.3 Å². The number of amides is 1. The summed E-state index contributed by atoms with van der Waals surface area (Å²) in [6.45, 7) is 6.06. The van der Waals surface area contributed by atoms with Gasteiger partial charge in [-0.05, 0) is 74.1 Å². The maximum Gasteiger partial charge on any atom is 0.269 e. The number of thiocarbonyl (C=S) groups is 1. The van der Waals surface area contributed by atoms with Gasteiger partial charge in [0, 0.05) is 42.7 Å². The number of nitrogens with zero attached hydrogens (tertiary/aromatic N) is 2. The number of anilines is 2. The first-order chi connectivity index (χ1) is 13.4. The van der Waals surface area contributed by atoms with Crippen LogP contribution in [0.15, 0.2) is 54.6 Å². The van der Waals surface area contributed by atoms with Gasteiger partial charge in [0.25, 0.3) is 5.69 Å². The summed E-state index contributed by atoms with van der Waals surface area (Å²) in [5.41, 5.74) is 2.57. The van der Waals surface area contributed by atoms with Crippen molar-refractivity contribution < 1.29 is 9.72 Å². The van der Waals surface area contributed by atoms with Crippen LogP contribution in [0.4, 0.5) is 17.1 Å². The van der Waals surface area contributed by atoms with Gasteiger partial charge < -0.3 is 10.2 Å². The molecule has 0 unspecified atom stereocenters. The zero-order valence-electron chi connectivity index (χ0n) is 15.7. The lowest BCUT2D eigenvalue weighted by atomic mass is 10.2. The molecule has 0 radical (unpaired) electrons. The van der Waals surface area contributed by atoms with Gasteiger partial charge in [-0.1, -0.05) is 0 Å². The third kappa shape index (κ3) is 6.17. The summed E-state index contributed by atoms with van der Waals surface area (Å²) < 4.78 is 0. The fourth-order valence-electron chi connectivity index (χ4n) is 2.54. The van der Waals surface area contributed by atoms with E-state index in [-0.39, 0.29) is 10.8 Å². The Labute approximate surface area is 169 Å². The summed E-state index contributed by atoms with van der Waals surface area (Å²) in [5, 5.41) is 16.4. The molecule has 0 bridgehead atoms. The fourth-order valence-corrected chi connectivity index (χ4v) is 2.76. The molecule has 7 nitrogen and oxygen atoms in total. The zero-order valence-corrected chi connectivity index (χ0v) is 16.5. The summed E-state index contributed by atoms with van der Waals surface area (Å²) in [7, 11) is 0. The predicted molar refractivity (Wildman–Crippen MR) is 116 cm³/mol. The Bertz CT molecular complexity index is 860. The number of nitrogens with one attached hydrogen (secondary N) is 2. The molecular weight excluding hydrogens is 376 g/mol. The Morgan fingerprint density at radius 1 is 1.11 bits per heavy atom. The molecule has 146 valence electrons. The third-order valence-electron chi connectivity index (χ3n) is 4.02. The number of nitro benzene ring substituents is 1. The van der Waals surface area contributed by atoms with Crippen LogP contribution in [0.2, 0.25) is 0 Å². The molecule has 1 amide bonds. The van der Waals surface area contributed by atoms with E-state index in [1.54, 1.807) is 18.2 Å². The van der Waals surface area contributed by atoms with Crippen molar-refractivity contribution in [3.63, 3.8) is 0 Å². The Morgan fingerprint density at radius 3 is 2.25 bits per heavy atom. The molecule has 8 heteroatoms. The smallest absolute Gasteiger partial charge is 0.269 e. The maximum atomic E-state index is 12.0. The summed E-state index contributed by atoms with van der Waals surface area (Å²) in [6, 6.07) is 13.7. The van der Waals surface area contributed by atoms with Gasteiger partial charge in [-0.2, -0.15) is 0 Å². The quantitative estimate of drug-likeness (QED) is 0.318. The lowest BCUT2D eigenvalue weighted by molar-refractivity contribution is -0.384. The highest BCUT2D eigenvalue weighted by Gasteiger charge is 2.05. The van der Waals surface area contributed by atoms with E-state index >= 15 is 0 Å². The SMILES string of the molecule is CCN(CC)c1ccc(NC(=S)NC(=O)/C=C/c2ccc([N+](=O)[O-])cc2)cc1. The Hall–Kier alpha value is -3.26. The highest BCUT2D eigenvalue weighted by molar-refractivity contribution is 7.80. The van der Waals surface area contributed by atoms with E-state index in [2.05, 4.69) is 29.4 Å². The van der Waals surface area contributed by atoms with E-state index in [0.29, 0.717) is 5.56 Å². The Balaban J connectivity index is 1.88. The number of benzene rings is 2. The van der Waals surface area contributed by atoms with Gasteiger partial charge in [-0.15, -0.1) is 0 Å². The molecular formula is C20H22N4O3S. The van der Waals surface area contributed by atoms with E-state index in [4.69, 9.17) is 12.2 Å². The van der Waals surface area contributed by atoms with Crippen LogP contribution in [-0.4, -0.2) is 29.0 Å². The van der Waals surface area contributed by atoms with Crippen LogP contribution in [0.25, 0.3) is 6.08 Å². The van der Waals surface area contributed by atoms with Crippen molar-refractivity contribution in [3.8, 4) is 0 Å². The molecule has 0 aliphatic carbocycles. The first-order valence-electron chi connectivity index (χ1n) is 8.82. The van der Waals surface area contributed by atoms with Crippen LogP contribution in [0.3, 0.4) is 0 Å². The van der Waals surface area contributed by atoms with Crippen LogP contribution >= 0.6 is 12.2 Å². The molecule has 0 saturated carbocycles. The second-order valence-electron chi connectivity index (χ2n) is 5.84. The van der Waals surface area contributed by atoms with Gasteiger partial charge in [0.1, 0.15) is 0 Å². The average Bonchev–Trinajstić information content (AvgIpc) is 2.69. The number of hydrogen-bond donors (Lipinski definition) is 2. The number of hydrogen-bond acceptors (Lipinski definition) is 5. The van der Waals surface area contributed by atoms with Gasteiger partial charge in [0.05, 0.1) is 4.92 Å². The van der Waals surface area contributed by atoms with E-state index < -0.39 is 10.8 Å². The van der Waals surface area contributed by atoms with Crippen LogP contribution in [0, 0.1) is 10.1 Å². The second-order valence-corrected chi connectivity index (χ2v) is 6.25. The largest absolute Gasteiger partial charge is 0.372 e. The summed E-state index contributed by atoms with van der Waals surface area (Å²) >= 11 is 5.16. The van der Waals surface area contributed by atoms with Gasteiger partial charge in [0.2, 0.25) is 5.91 Å². The normalized spacial score (nSPS) is 10.5. The Kier molecular flexibility index (Phi) is 7.65. The highest BCUT2D eigenvalue weighted by Crippen LogP contribution is 2.17. The van der Waals surface area contributed by atoms with Crippen LogP contribution < -0.4 is 15.5 Å². The van der Waals surface area contributed by atoms with Crippen molar-refractivity contribution in [3.05, 3.63) is 70.3 Å². The van der Waals surface area contributed by atoms with Gasteiger partial charge in [-0.25, -0.2) is 0 Å². The molecule has 2 rings (SSSR count). The average molecular weight is 398 g/mol. The number of carbonyl (C=O) groups is 1. The molecule has 0 spiro atoms. The van der Waals surface area contributed by atoms with Gasteiger partial charge in [0.15, 0.2) is 5.11 Å². The highest BCUT2D eigenvalue weighted by atomic mass is 32.1. The van der Waals surface area contributed by atoms with Crippen molar-refractivity contribution in [1.29, 1.82) is 0 Å². The molecule has 0 aliphatic rings. The summed E-state index contributed by atoms with van der Waals surface area (Å²) in [4.78, 5) is 24.4. The lowest BCUT2D eigenvalue weighted by Crippen LogP contribution is -2.32. The molecule has 0 atom stereocenters. The molecule has 0 aromatic heterocycles. The number of rotatable bonds is 7. The van der Waals surface area contributed by atoms with E-state index in [1.165, 1.54) is 18.2 Å². The van der Waals surface area contributed by atoms with E-state index in [9.17, 15) is 14.9 Å². The van der Waals surface area contributed by atoms with E-state index in [0.717, 1.165) is 24.5 Å². The van der Waals surface area contributed by atoms with Crippen molar-refractivity contribution >= 4 is 46.4 Å². The van der Waals surface area contributed by atoms with Crippen molar-refractivity contribution in [1.82, 2.24) is 5.32 Å². The first kappa shape index (κ1) is 21.0. The fraction of sp³-hybridized carbons (Fsp3) is 0.200. The molecule has 28 heavy (non-hydrogen) atoms. The van der Waals surface area contributed by atoms with Gasteiger partial charge in [-0.3, -0.25) is 20.2 Å². The zero-order chi connectivity index (χ0) is 20.5. The predicted octanol–water partition coefficient (Wildman–Crippen LogP) is 3.97. The minimum atomic E-state index is -0.473. The van der Waals surface area contributed by atoms with Crippen LogP contribution in [0.1, 0.15) is 19.4 Å². The molecule has 2 aromatic carbocycles. The topological polar surface area (TPSA) is 87.5 Å². The molecule has 0 aliphatic heterocycles. The second kappa shape index (κ2) is 10.2. The van der Waals surface area contributed by atoms with Crippen molar-refractivity contribution in [2.45, 2.75) is 13.8 Å². The number of carbonyl (C=O) groups excluding carboxylic acids is 1. The van der Waals surface area contributed by atoms with Gasteiger partial charge >= 0.3 is 0 Å². The Morgan fingerprint density at radius 2 is 1.71 bits per heavy atom. The minimum absolute atomic E-state index is 0.000933. The van der Waals surface area contributed by atoms with Crippen LogP contribution in [-0.2, 0) is 4.79 Å². The number of non-ortho nitro benzene ring substituents is 1. The molecule has 2 N–H and O–H groups in total.